The van der Waals surface area contributed by atoms with E-state index in [1.165, 1.54) is 17.0 Å². The third-order valence-corrected chi connectivity index (χ3v) is 3.02. The normalized spacial score (nSPS) is 18.9. The Labute approximate surface area is 103 Å². The van der Waals surface area contributed by atoms with Crippen molar-refractivity contribution >= 4 is 11.9 Å². The highest BCUT2D eigenvalue weighted by molar-refractivity contribution is 5.97. The van der Waals surface area contributed by atoms with Gasteiger partial charge in [0.25, 0.3) is 5.91 Å². The zero-order chi connectivity index (χ0) is 13.3. The van der Waals surface area contributed by atoms with Gasteiger partial charge in [-0.25, -0.2) is 4.79 Å². The molecule has 18 heavy (non-hydrogen) atoms. The van der Waals surface area contributed by atoms with Crippen molar-refractivity contribution in [2.24, 2.45) is 0 Å². The first kappa shape index (κ1) is 12.2. The summed E-state index contributed by atoms with van der Waals surface area (Å²) in [4.78, 5) is 24.4. The third kappa shape index (κ3) is 2.09. The summed E-state index contributed by atoms with van der Waals surface area (Å²) in [5, 5.41) is 27.5. The van der Waals surface area contributed by atoms with Crippen molar-refractivity contribution in [2.45, 2.75) is 18.9 Å². The maximum atomic E-state index is 12.1. The minimum absolute atomic E-state index is 0.165. The Bertz CT molecular complexity index is 499. The van der Waals surface area contributed by atoms with E-state index in [0.717, 1.165) is 6.07 Å². The molecule has 6 heteroatoms. The van der Waals surface area contributed by atoms with Crippen LogP contribution in [0.4, 0.5) is 0 Å². The summed E-state index contributed by atoms with van der Waals surface area (Å²) in [5.41, 5.74) is 0.165. The molecule has 1 amide bonds. The van der Waals surface area contributed by atoms with Crippen LogP contribution in [0.3, 0.4) is 0 Å². The third-order valence-electron chi connectivity index (χ3n) is 3.02. The predicted molar refractivity (Wildman–Crippen MR) is 61.5 cm³/mol. The first-order valence-corrected chi connectivity index (χ1v) is 5.56. The second-order valence-corrected chi connectivity index (χ2v) is 4.20. The summed E-state index contributed by atoms with van der Waals surface area (Å²) < 4.78 is 0. The van der Waals surface area contributed by atoms with Crippen LogP contribution in [0, 0.1) is 0 Å². The van der Waals surface area contributed by atoms with Crippen molar-refractivity contribution in [1.29, 1.82) is 0 Å². The molecule has 0 aliphatic carbocycles. The quantitative estimate of drug-likeness (QED) is 0.675. The van der Waals surface area contributed by atoms with E-state index in [9.17, 15) is 14.7 Å². The number of hydrogen-bond acceptors (Lipinski definition) is 4. The molecule has 1 atom stereocenters. The number of rotatable bonds is 2. The van der Waals surface area contributed by atoms with Crippen LogP contribution in [0.1, 0.15) is 23.2 Å². The van der Waals surface area contributed by atoms with Gasteiger partial charge in [0, 0.05) is 12.1 Å². The summed E-state index contributed by atoms with van der Waals surface area (Å²) >= 11 is 0. The molecule has 96 valence electrons. The van der Waals surface area contributed by atoms with Gasteiger partial charge in [-0.1, -0.05) is 0 Å². The largest absolute Gasteiger partial charge is 0.504 e. The molecule has 1 aromatic rings. The molecule has 1 aliphatic rings. The van der Waals surface area contributed by atoms with Crippen LogP contribution in [0.25, 0.3) is 0 Å². The van der Waals surface area contributed by atoms with E-state index >= 15 is 0 Å². The van der Waals surface area contributed by atoms with Gasteiger partial charge in [0.05, 0.1) is 0 Å². The van der Waals surface area contributed by atoms with Crippen molar-refractivity contribution in [3.8, 4) is 11.5 Å². The maximum absolute atomic E-state index is 12.1. The Balaban J connectivity index is 2.25. The molecule has 0 aromatic heterocycles. The maximum Gasteiger partial charge on any atom is 0.326 e. The summed E-state index contributed by atoms with van der Waals surface area (Å²) in [7, 11) is 0. The second kappa shape index (κ2) is 4.56. The molecule has 3 N–H and O–H groups in total. The van der Waals surface area contributed by atoms with Gasteiger partial charge < -0.3 is 20.2 Å². The molecule has 1 saturated heterocycles. The molecule has 6 nitrogen and oxygen atoms in total. The molecule has 0 unspecified atom stereocenters. The molecule has 2 rings (SSSR count). The van der Waals surface area contributed by atoms with Gasteiger partial charge in [-0.05, 0) is 31.0 Å². The van der Waals surface area contributed by atoms with Crippen molar-refractivity contribution < 1.29 is 24.9 Å². The Hall–Kier alpha value is -2.24. The minimum atomic E-state index is -1.02. The number of aromatic hydroxyl groups is 2. The average molecular weight is 251 g/mol. The van der Waals surface area contributed by atoms with Crippen LogP contribution in [0.5, 0.6) is 11.5 Å². The standard InChI is InChI=1S/C12H13NO5/c14-9-4-3-7(6-10(9)15)11(16)13-5-1-2-8(13)12(17)18/h3-4,6,8,14-15H,1-2,5H2,(H,17,18)/t8-/m1/s1. The second-order valence-electron chi connectivity index (χ2n) is 4.20. The summed E-state index contributed by atoms with van der Waals surface area (Å²) in [5.74, 6) is -2.19. The lowest BCUT2D eigenvalue weighted by Crippen LogP contribution is -2.40. The van der Waals surface area contributed by atoms with Crippen LogP contribution in [-0.2, 0) is 4.79 Å². The fraction of sp³-hybridized carbons (Fsp3) is 0.333. The zero-order valence-corrected chi connectivity index (χ0v) is 9.54. The lowest BCUT2D eigenvalue weighted by atomic mass is 10.1. The van der Waals surface area contributed by atoms with Crippen molar-refractivity contribution in [1.82, 2.24) is 4.90 Å². The number of likely N-dealkylation sites (tertiary alicyclic amines) is 1. The first-order valence-electron chi connectivity index (χ1n) is 5.56. The van der Waals surface area contributed by atoms with E-state index in [4.69, 9.17) is 10.2 Å². The van der Waals surface area contributed by atoms with Gasteiger partial charge in [-0.3, -0.25) is 4.79 Å². The van der Waals surface area contributed by atoms with Crippen LogP contribution < -0.4 is 0 Å². The van der Waals surface area contributed by atoms with Crippen LogP contribution in [0.2, 0.25) is 0 Å². The lowest BCUT2D eigenvalue weighted by Gasteiger charge is -2.21. The van der Waals surface area contributed by atoms with Gasteiger partial charge in [0.2, 0.25) is 0 Å². The number of carboxylic acids is 1. The van der Waals surface area contributed by atoms with E-state index in [1.54, 1.807) is 0 Å². The SMILES string of the molecule is O=C(O)[C@H]1CCCN1C(=O)c1ccc(O)c(O)c1. The molecule has 0 spiro atoms. The molecule has 1 heterocycles. The number of nitrogens with zero attached hydrogens (tertiary/aromatic N) is 1. The van der Waals surface area contributed by atoms with Crippen molar-refractivity contribution in [3.63, 3.8) is 0 Å². The van der Waals surface area contributed by atoms with Gasteiger partial charge in [-0.15, -0.1) is 0 Å². The van der Waals surface area contributed by atoms with Crippen molar-refractivity contribution in [2.75, 3.05) is 6.54 Å². The highest BCUT2D eigenvalue weighted by Gasteiger charge is 2.34. The van der Waals surface area contributed by atoms with Gasteiger partial charge in [0.1, 0.15) is 6.04 Å². The predicted octanol–water partition coefficient (Wildman–Crippen LogP) is 0.787. The molecular weight excluding hydrogens is 238 g/mol. The van der Waals surface area contributed by atoms with Crippen LogP contribution in [0.15, 0.2) is 18.2 Å². The number of hydrogen-bond donors (Lipinski definition) is 3. The van der Waals surface area contributed by atoms with E-state index < -0.39 is 23.7 Å². The molecule has 1 aliphatic heterocycles. The molecule has 1 fully saturated rings. The number of carboxylic acid groups (broad SMARTS) is 1. The highest BCUT2D eigenvalue weighted by Crippen LogP contribution is 2.27. The number of phenols is 2. The fourth-order valence-electron chi connectivity index (χ4n) is 2.09. The Kier molecular flexibility index (Phi) is 3.10. The van der Waals surface area contributed by atoms with Crippen LogP contribution in [-0.4, -0.2) is 44.7 Å². The lowest BCUT2D eigenvalue weighted by molar-refractivity contribution is -0.141. The van der Waals surface area contributed by atoms with E-state index in [1.807, 2.05) is 0 Å². The first-order chi connectivity index (χ1) is 8.50. The Morgan fingerprint density at radius 1 is 1.22 bits per heavy atom. The molecule has 0 bridgehead atoms. The molecule has 0 radical (unpaired) electrons. The van der Waals surface area contributed by atoms with Crippen LogP contribution >= 0.6 is 0 Å². The monoisotopic (exact) mass is 251 g/mol. The summed E-state index contributed by atoms with van der Waals surface area (Å²) in [6, 6.07) is 2.88. The molecule has 1 aromatic carbocycles. The number of carbonyl (C=O) groups is 2. The zero-order valence-electron chi connectivity index (χ0n) is 9.54. The summed E-state index contributed by atoms with van der Waals surface area (Å²) in [6.45, 7) is 0.386. The number of benzene rings is 1. The minimum Gasteiger partial charge on any atom is -0.504 e. The fourth-order valence-corrected chi connectivity index (χ4v) is 2.09. The Morgan fingerprint density at radius 3 is 2.56 bits per heavy atom. The van der Waals surface area contributed by atoms with Gasteiger partial charge >= 0.3 is 5.97 Å². The van der Waals surface area contributed by atoms with Crippen molar-refractivity contribution in [3.05, 3.63) is 23.8 Å². The molecule has 0 saturated carbocycles. The number of amides is 1. The van der Waals surface area contributed by atoms with Gasteiger partial charge in [0.15, 0.2) is 11.5 Å². The number of phenolic OH excluding ortho intramolecular Hbond substituents is 2. The summed E-state index contributed by atoms with van der Waals surface area (Å²) in [6.07, 6.45) is 1.08. The number of aliphatic carboxylic acids is 1. The van der Waals surface area contributed by atoms with E-state index in [2.05, 4.69) is 0 Å². The smallest absolute Gasteiger partial charge is 0.326 e. The average Bonchev–Trinajstić information content (AvgIpc) is 2.81. The molecular formula is C12H13NO5. The van der Waals surface area contributed by atoms with E-state index in [-0.39, 0.29) is 11.3 Å². The van der Waals surface area contributed by atoms with E-state index in [0.29, 0.717) is 19.4 Å². The Morgan fingerprint density at radius 2 is 1.94 bits per heavy atom. The topological polar surface area (TPSA) is 98.1 Å². The number of carbonyl (C=O) groups excluding carboxylic acids is 1. The highest BCUT2D eigenvalue weighted by atomic mass is 16.4. The van der Waals surface area contributed by atoms with Gasteiger partial charge in [-0.2, -0.15) is 0 Å².